The summed E-state index contributed by atoms with van der Waals surface area (Å²) < 4.78 is 0. The lowest BCUT2D eigenvalue weighted by Gasteiger charge is -2.41. The van der Waals surface area contributed by atoms with E-state index in [1.54, 1.807) is 6.92 Å². The third kappa shape index (κ3) is 1.70. The van der Waals surface area contributed by atoms with E-state index >= 15 is 0 Å². The van der Waals surface area contributed by atoms with Crippen LogP contribution >= 0.6 is 0 Å². The molecule has 3 heterocycles. The van der Waals surface area contributed by atoms with E-state index in [1.807, 2.05) is 36.1 Å². The number of likely N-dealkylation sites (tertiary alicyclic amines) is 1. The molecule has 1 aromatic rings. The van der Waals surface area contributed by atoms with Crippen LogP contribution in [0.4, 0.5) is 0 Å². The lowest BCUT2D eigenvalue weighted by molar-refractivity contribution is -0.141. The Labute approximate surface area is 134 Å². The molecule has 2 fully saturated rings. The summed E-state index contributed by atoms with van der Waals surface area (Å²) in [6.07, 6.45) is 2.85. The van der Waals surface area contributed by atoms with Gasteiger partial charge < -0.3 is 9.69 Å². The zero-order chi connectivity index (χ0) is 16.3. The molecule has 0 bridgehead atoms. The predicted octanol–water partition coefficient (Wildman–Crippen LogP) is 1.22. The smallest absolute Gasteiger partial charge is 0.235 e. The van der Waals surface area contributed by atoms with Gasteiger partial charge in [0.1, 0.15) is 6.29 Å². The van der Waals surface area contributed by atoms with E-state index in [-0.39, 0.29) is 17.9 Å². The zero-order valence-corrected chi connectivity index (χ0v) is 13.1. The Morgan fingerprint density at radius 1 is 1.17 bits per heavy atom. The van der Waals surface area contributed by atoms with Crippen molar-refractivity contribution in [1.82, 2.24) is 9.80 Å². The number of benzene rings is 1. The second-order valence-corrected chi connectivity index (χ2v) is 6.42. The molecule has 4 atom stereocenters. The highest BCUT2D eigenvalue weighted by Gasteiger charge is 2.64. The van der Waals surface area contributed by atoms with E-state index in [0.29, 0.717) is 6.54 Å². The average molecular weight is 310 g/mol. The van der Waals surface area contributed by atoms with Crippen LogP contribution < -0.4 is 0 Å². The fourth-order valence-corrected chi connectivity index (χ4v) is 4.22. The molecule has 3 aliphatic heterocycles. The number of hydrogen-bond acceptors (Lipinski definition) is 4. The minimum Gasteiger partial charge on any atom is -0.353 e. The summed E-state index contributed by atoms with van der Waals surface area (Å²) in [6, 6.07) is 7.35. The molecule has 118 valence electrons. The number of rotatable bonds is 3. The van der Waals surface area contributed by atoms with Crippen LogP contribution in [0.25, 0.3) is 5.70 Å². The van der Waals surface area contributed by atoms with E-state index in [2.05, 4.69) is 6.07 Å². The lowest BCUT2D eigenvalue weighted by atomic mass is 9.88. The quantitative estimate of drug-likeness (QED) is 0.622. The lowest BCUT2D eigenvalue weighted by Crippen LogP contribution is -2.48. The van der Waals surface area contributed by atoms with Gasteiger partial charge in [-0.3, -0.25) is 14.5 Å². The van der Waals surface area contributed by atoms with Gasteiger partial charge in [-0.15, -0.1) is 0 Å². The van der Waals surface area contributed by atoms with Crippen molar-refractivity contribution >= 4 is 23.8 Å². The van der Waals surface area contributed by atoms with Crippen LogP contribution in [0.2, 0.25) is 0 Å². The molecule has 1 aromatic carbocycles. The van der Waals surface area contributed by atoms with Crippen LogP contribution in [0, 0.1) is 18.8 Å². The van der Waals surface area contributed by atoms with Gasteiger partial charge in [0.25, 0.3) is 0 Å². The van der Waals surface area contributed by atoms with Gasteiger partial charge in [0.2, 0.25) is 11.8 Å². The molecule has 5 nitrogen and oxygen atoms in total. The monoisotopic (exact) mass is 310 g/mol. The molecule has 23 heavy (non-hydrogen) atoms. The Balaban J connectivity index is 1.74. The summed E-state index contributed by atoms with van der Waals surface area (Å²) in [6.45, 7) is 4.18. The zero-order valence-electron chi connectivity index (χ0n) is 13.1. The molecule has 0 aromatic heterocycles. The highest BCUT2D eigenvalue weighted by Crippen LogP contribution is 2.51. The molecular formula is C18H18N2O3. The number of hydrogen-bond donors (Lipinski definition) is 0. The molecular weight excluding hydrogens is 292 g/mol. The third-order valence-electron chi connectivity index (χ3n) is 5.24. The summed E-state index contributed by atoms with van der Waals surface area (Å²) in [5.41, 5.74) is 3.12. The topological polar surface area (TPSA) is 57.7 Å². The Morgan fingerprint density at radius 3 is 2.57 bits per heavy atom. The Bertz CT molecular complexity index is 754. The van der Waals surface area contributed by atoms with Gasteiger partial charge in [-0.2, -0.15) is 0 Å². The van der Waals surface area contributed by atoms with Crippen LogP contribution in [0.5, 0.6) is 0 Å². The second kappa shape index (κ2) is 4.78. The maximum Gasteiger partial charge on any atom is 0.235 e. The van der Waals surface area contributed by atoms with Crippen molar-refractivity contribution in [2.75, 3.05) is 6.54 Å². The van der Waals surface area contributed by atoms with Crippen LogP contribution in [-0.2, 0) is 14.4 Å². The van der Waals surface area contributed by atoms with E-state index in [0.717, 1.165) is 23.1 Å². The van der Waals surface area contributed by atoms with E-state index < -0.39 is 17.9 Å². The first kappa shape index (κ1) is 14.2. The van der Waals surface area contributed by atoms with Crippen molar-refractivity contribution in [1.29, 1.82) is 0 Å². The van der Waals surface area contributed by atoms with E-state index in [4.69, 9.17) is 0 Å². The van der Waals surface area contributed by atoms with Crippen molar-refractivity contribution in [2.45, 2.75) is 25.9 Å². The van der Waals surface area contributed by atoms with Gasteiger partial charge >= 0.3 is 0 Å². The molecule has 0 saturated carbocycles. The number of carbonyl (C=O) groups excluding carboxylic acids is 3. The SMILES string of the molecule is CCN1C(=O)[C@@H]2C(C=O)N3C(c4cccc(C)c4)=CC3[C@@H]2C1=O. The molecule has 2 unspecified atom stereocenters. The molecule has 2 saturated heterocycles. The van der Waals surface area contributed by atoms with Gasteiger partial charge in [-0.05, 0) is 31.6 Å². The fraction of sp³-hybridized carbons (Fsp3) is 0.389. The second-order valence-electron chi connectivity index (χ2n) is 6.42. The van der Waals surface area contributed by atoms with Gasteiger partial charge in [0, 0.05) is 12.2 Å². The van der Waals surface area contributed by atoms with Crippen molar-refractivity contribution in [3.63, 3.8) is 0 Å². The molecule has 0 radical (unpaired) electrons. The van der Waals surface area contributed by atoms with Gasteiger partial charge in [0.15, 0.2) is 0 Å². The van der Waals surface area contributed by atoms with E-state index in [9.17, 15) is 14.4 Å². The number of fused-ring (bicyclic) bond motifs is 3. The largest absolute Gasteiger partial charge is 0.353 e. The summed E-state index contributed by atoms with van der Waals surface area (Å²) >= 11 is 0. The molecule has 2 amide bonds. The van der Waals surface area contributed by atoms with Gasteiger partial charge in [-0.25, -0.2) is 0 Å². The van der Waals surface area contributed by atoms with Crippen molar-refractivity contribution in [3.8, 4) is 0 Å². The average Bonchev–Trinajstić information content (AvgIpc) is 2.89. The van der Waals surface area contributed by atoms with Crippen molar-refractivity contribution < 1.29 is 14.4 Å². The molecule has 3 aliphatic rings. The Kier molecular flexibility index (Phi) is 2.95. The number of nitrogens with zero attached hydrogens (tertiary/aromatic N) is 2. The van der Waals surface area contributed by atoms with Crippen molar-refractivity contribution in [3.05, 3.63) is 41.5 Å². The number of carbonyl (C=O) groups is 3. The highest BCUT2D eigenvalue weighted by atomic mass is 16.2. The van der Waals surface area contributed by atoms with Gasteiger partial charge in [0.05, 0.1) is 23.9 Å². The first-order valence-electron chi connectivity index (χ1n) is 7.96. The minimum atomic E-state index is -0.543. The Morgan fingerprint density at radius 2 is 1.91 bits per heavy atom. The van der Waals surface area contributed by atoms with Crippen molar-refractivity contribution in [2.24, 2.45) is 11.8 Å². The summed E-state index contributed by atoms with van der Waals surface area (Å²) in [7, 11) is 0. The molecule has 5 heteroatoms. The minimum absolute atomic E-state index is 0.138. The normalized spacial score (nSPS) is 31.7. The van der Waals surface area contributed by atoms with Crippen LogP contribution in [-0.4, -0.2) is 46.5 Å². The van der Waals surface area contributed by atoms with E-state index in [1.165, 1.54) is 4.90 Å². The maximum absolute atomic E-state index is 12.5. The first-order valence-corrected chi connectivity index (χ1v) is 7.96. The summed E-state index contributed by atoms with van der Waals surface area (Å²) in [5.74, 6) is -1.29. The maximum atomic E-state index is 12.5. The standard InChI is InChI=1S/C18H18N2O3/c1-3-19-17(22)15-13-8-12(11-6-4-5-10(2)7-11)20(13)14(9-21)16(15)18(19)23/h4-9,13-16H,3H2,1-2H3/t13?,14?,15-,16+/m0/s1. The number of aryl methyl sites for hydroxylation is 1. The number of imide groups is 1. The first-order chi connectivity index (χ1) is 11.1. The van der Waals surface area contributed by atoms with Crippen LogP contribution in [0.3, 0.4) is 0 Å². The molecule has 0 N–H and O–H groups in total. The van der Waals surface area contributed by atoms with Gasteiger partial charge in [-0.1, -0.05) is 23.8 Å². The van der Waals surface area contributed by atoms with Crippen LogP contribution in [0.15, 0.2) is 30.3 Å². The number of amides is 2. The third-order valence-corrected chi connectivity index (χ3v) is 5.24. The molecule has 4 rings (SSSR count). The van der Waals surface area contributed by atoms with Crippen LogP contribution in [0.1, 0.15) is 18.1 Å². The molecule has 0 aliphatic carbocycles. The fourth-order valence-electron chi connectivity index (χ4n) is 4.22. The number of aldehydes is 1. The highest BCUT2D eigenvalue weighted by molar-refractivity contribution is 6.08. The summed E-state index contributed by atoms with van der Waals surface area (Å²) in [5, 5.41) is 0. The predicted molar refractivity (Wildman–Crippen MR) is 84.0 cm³/mol. The molecule has 0 spiro atoms. The summed E-state index contributed by atoms with van der Waals surface area (Å²) in [4.78, 5) is 40.0. The Hall–Kier alpha value is -2.43.